The van der Waals surface area contributed by atoms with Crippen LogP contribution in [0.25, 0.3) is 0 Å². The molecule has 0 bridgehead atoms. The lowest BCUT2D eigenvalue weighted by atomic mass is 9.94. The van der Waals surface area contributed by atoms with Crippen molar-refractivity contribution in [2.45, 2.75) is 31.9 Å². The van der Waals surface area contributed by atoms with Gasteiger partial charge in [0.05, 0.1) is 5.56 Å². The molecular weight excluding hydrogens is 285 g/mol. The summed E-state index contributed by atoms with van der Waals surface area (Å²) >= 11 is 0. The number of alkyl halides is 3. The van der Waals surface area contributed by atoms with Gasteiger partial charge in [0.25, 0.3) is 0 Å². The molecule has 0 radical (unpaired) electrons. The SMILES string of the molecule is CCC(C=CCc1ccccc1)c1ccc(C(F)(F)F)cc1. The van der Waals surface area contributed by atoms with Gasteiger partial charge in [0.1, 0.15) is 0 Å². The number of halogens is 3. The predicted molar refractivity (Wildman–Crippen MR) is 83.8 cm³/mol. The van der Waals surface area contributed by atoms with E-state index in [2.05, 4.69) is 24.3 Å². The molecule has 0 fully saturated rings. The Morgan fingerprint density at radius 3 is 2.14 bits per heavy atom. The van der Waals surface area contributed by atoms with Crippen molar-refractivity contribution in [3.05, 3.63) is 83.4 Å². The van der Waals surface area contributed by atoms with E-state index in [9.17, 15) is 13.2 Å². The molecule has 1 unspecified atom stereocenters. The summed E-state index contributed by atoms with van der Waals surface area (Å²) in [6.07, 6.45) is 1.58. The number of hydrogen-bond acceptors (Lipinski definition) is 0. The van der Waals surface area contributed by atoms with Crippen LogP contribution in [0.5, 0.6) is 0 Å². The maximum absolute atomic E-state index is 12.6. The predicted octanol–water partition coefficient (Wildman–Crippen LogP) is 6.00. The van der Waals surface area contributed by atoms with Gasteiger partial charge in [0.2, 0.25) is 0 Å². The Morgan fingerprint density at radius 1 is 0.955 bits per heavy atom. The van der Waals surface area contributed by atoms with Gasteiger partial charge in [-0.2, -0.15) is 13.2 Å². The normalized spacial score (nSPS) is 13.5. The maximum Gasteiger partial charge on any atom is 0.416 e. The molecule has 2 rings (SSSR count). The van der Waals surface area contributed by atoms with E-state index in [1.807, 2.05) is 25.1 Å². The van der Waals surface area contributed by atoms with Crippen molar-refractivity contribution in [1.82, 2.24) is 0 Å². The van der Waals surface area contributed by atoms with Crippen molar-refractivity contribution in [2.75, 3.05) is 0 Å². The molecule has 0 nitrogen and oxygen atoms in total. The largest absolute Gasteiger partial charge is 0.416 e. The molecule has 0 heterocycles. The zero-order valence-electron chi connectivity index (χ0n) is 12.5. The molecule has 1 atom stereocenters. The first-order valence-electron chi connectivity index (χ1n) is 7.38. The Hall–Kier alpha value is -2.03. The molecule has 116 valence electrons. The van der Waals surface area contributed by atoms with E-state index < -0.39 is 11.7 Å². The molecule has 0 amide bonds. The van der Waals surface area contributed by atoms with Crippen molar-refractivity contribution >= 4 is 0 Å². The van der Waals surface area contributed by atoms with Crippen LogP contribution in [-0.2, 0) is 12.6 Å². The smallest absolute Gasteiger partial charge is 0.166 e. The Labute approximate surface area is 129 Å². The van der Waals surface area contributed by atoms with E-state index in [1.165, 1.54) is 5.56 Å². The second-order valence-corrected chi connectivity index (χ2v) is 5.25. The minimum Gasteiger partial charge on any atom is -0.166 e. The Bertz CT molecular complexity index is 595. The maximum atomic E-state index is 12.6. The highest BCUT2D eigenvalue weighted by Crippen LogP contribution is 2.31. The summed E-state index contributed by atoms with van der Waals surface area (Å²) in [6.45, 7) is 2.04. The Balaban J connectivity index is 2.05. The van der Waals surface area contributed by atoms with Gasteiger partial charge in [-0.05, 0) is 36.1 Å². The van der Waals surface area contributed by atoms with Gasteiger partial charge in [-0.3, -0.25) is 0 Å². The Kier molecular flexibility index (Phi) is 5.42. The van der Waals surface area contributed by atoms with Crippen molar-refractivity contribution in [1.29, 1.82) is 0 Å². The topological polar surface area (TPSA) is 0 Å². The zero-order valence-corrected chi connectivity index (χ0v) is 12.5. The van der Waals surface area contributed by atoms with Crippen LogP contribution >= 0.6 is 0 Å². The standard InChI is InChI=1S/C19H19F3/c1-2-16(10-6-9-15-7-4-3-5-8-15)17-11-13-18(14-12-17)19(20,21)22/h3-8,10-14,16H,2,9H2,1H3. The van der Waals surface area contributed by atoms with Crippen molar-refractivity contribution in [3.8, 4) is 0 Å². The van der Waals surface area contributed by atoms with Crippen LogP contribution in [0.2, 0.25) is 0 Å². The molecule has 0 aromatic heterocycles. The van der Waals surface area contributed by atoms with Crippen molar-refractivity contribution in [3.63, 3.8) is 0 Å². The second-order valence-electron chi connectivity index (χ2n) is 5.25. The van der Waals surface area contributed by atoms with E-state index in [-0.39, 0.29) is 5.92 Å². The van der Waals surface area contributed by atoms with Gasteiger partial charge in [-0.25, -0.2) is 0 Å². The van der Waals surface area contributed by atoms with Crippen LogP contribution in [0.1, 0.15) is 36.0 Å². The highest BCUT2D eigenvalue weighted by molar-refractivity contribution is 5.30. The fourth-order valence-electron chi connectivity index (χ4n) is 2.38. The van der Waals surface area contributed by atoms with Gasteiger partial charge in [0, 0.05) is 5.92 Å². The summed E-state index contributed by atoms with van der Waals surface area (Å²) < 4.78 is 37.7. The van der Waals surface area contributed by atoms with Crippen LogP contribution in [-0.4, -0.2) is 0 Å². The fourth-order valence-corrected chi connectivity index (χ4v) is 2.38. The number of hydrogen-bond donors (Lipinski definition) is 0. The number of rotatable bonds is 5. The van der Waals surface area contributed by atoms with Crippen LogP contribution < -0.4 is 0 Å². The van der Waals surface area contributed by atoms with Crippen LogP contribution in [0.4, 0.5) is 13.2 Å². The fraction of sp³-hybridized carbons (Fsp3) is 0.263. The van der Waals surface area contributed by atoms with E-state index >= 15 is 0 Å². The highest BCUT2D eigenvalue weighted by atomic mass is 19.4. The molecule has 0 spiro atoms. The first-order chi connectivity index (χ1) is 10.5. The third-order valence-electron chi connectivity index (χ3n) is 3.67. The highest BCUT2D eigenvalue weighted by Gasteiger charge is 2.30. The molecule has 0 saturated carbocycles. The van der Waals surface area contributed by atoms with E-state index in [0.29, 0.717) is 0 Å². The van der Waals surface area contributed by atoms with Gasteiger partial charge in [-0.15, -0.1) is 0 Å². The molecule has 0 aliphatic rings. The summed E-state index contributed by atoms with van der Waals surface area (Å²) in [6, 6.07) is 15.5. The monoisotopic (exact) mass is 304 g/mol. The minimum absolute atomic E-state index is 0.144. The molecular formula is C19H19F3. The third kappa shape index (κ3) is 4.48. The summed E-state index contributed by atoms with van der Waals surface area (Å²) in [7, 11) is 0. The summed E-state index contributed by atoms with van der Waals surface area (Å²) in [4.78, 5) is 0. The lowest BCUT2D eigenvalue weighted by Crippen LogP contribution is -2.05. The molecule has 0 aliphatic carbocycles. The molecule has 0 saturated heterocycles. The van der Waals surface area contributed by atoms with E-state index in [1.54, 1.807) is 12.1 Å². The number of allylic oxidation sites excluding steroid dienone is 2. The average Bonchev–Trinajstić information content (AvgIpc) is 2.52. The molecule has 2 aromatic carbocycles. The first-order valence-corrected chi connectivity index (χ1v) is 7.38. The summed E-state index contributed by atoms with van der Waals surface area (Å²) in [5, 5.41) is 0. The van der Waals surface area contributed by atoms with E-state index in [0.717, 1.165) is 30.5 Å². The molecule has 22 heavy (non-hydrogen) atoms. The molecule has 2 aromatic rings. The lowest BCUT2D eigenvalue weighted by Gasteiger charge is -2.13. The molecule has 3 heteroatoms. The molecule has 0 aliphatic heterocycles. The lowest BCUT2D eigenvalue weighted by molar-refractivity contribution is -0.137. The first kappa shape index (κ1) is 16.3. The summed E-state index contributed by atoms with van der Waals surface area (Å²) in [5.41, 5.74) is 1.54. The van der Waals surface area contributed by atoms with Crippen LogP contribution in [0.15, 0.2) is 66.7 Å². The average molecular weight is 304 g/mol. The third-order valence-corrected chi connectivity index (χ3v) is 3.67. The zero-order chi connectivity index (χ0) is 16.0. The minimum atomic E-state index is -4.27. The quantitative estimate of drug-likeness (QED) is 0.594. The summed E-state index contributed by atoms with van der Waals surface area (Å²) in [5.74, 6) is 0.144. The molecule has 0 N–H and O–H groups in total. The van der Waals surface area contributed by atoms with Gasteiger partial charge in [-0.1, -0.05) is 61.5 Å². The van der Waals surface area contributed by atoms with Crippen molar-refractivity contribution in [2.24, 2.45) is 0 Å². The van der Waals surface area contributed by atoms with Gasteiger partial charge < -0.3 is 0 Å². The number of benzene rings is 2. The van der Waals surface area contributed by atoms with Gasteiger partial charge >= 0.3 is 6.18 Å². The second kappa shape index (κ2) is 7.30. The van der Waals surface area contributed by atoms with Crippen molar-refractivity contribution < 1.29 is 13.2 Å². The van der Waals surface area contributed by atoms with E-state index in [4.69, 9.17) is 0 Å². The van der Waals surface area contributed by atoms with Crippen LogP contribution in [0, 0.1) is 0 Å². The Morgan fingerprint density at radius 2 is 1.59 bits per heavy atom. The van der Waals surface area contributed by atoms with Gasteiger partial charge in [0.15, 0.2) is 0 Å². The van der Waals surface area contributed by atoms with Crippen LogP contribution in [0.3, 0.4) is 0 Å².